The van der Waals surface area contributed by atoms with Gasteiger partial charge in [0, 0.05) is 0 Å². The molecular formula is C22H21BrN2O4. The van der Waals surface area contributed by atoms with Crippen molar-refractivity contribution >= 4 is 33.9 Å². The van der Waals surface area contributed by atoms with Crippen molar-refractivity contribution in [3.8, 4) is 11.8 Å². The van der Waals surface area contributed by atoms with E-state index < -0.39 is 11.9 Å². The van der Waals surface area contributed by atoms with Gasteiger partial charge in [-0.05, 0) is 59.1 Å². The van der Waals surface area contributed by atoms with Crippen LogP contribution < -0.4 is 10.1 Å². The summed E-state index contributed by atoms with van der Waals surface area (Å²) >= 11 is 3.37. The molecule has 0 saturated heterocycles. The lowest BCUT2D eigenvalue weighted by Crippen LogP contribution is -2.27. The van der Waals surface area contributed by atoms with Gasteiger partial charge in [0.2, 0.25) is 0 Å². The van der Waals surface area contributed by atoms with Gasteiger partial charge in [-0.2, -0.15) is 5.26 Å². The lowest BCUT2D eigenvalue weighted by Gasteiger charge is -2.14. The van der Waals surface area contributed by atoms with E-state index in [0.717, 1.165) is 5.56 Å². The van der Waals surface area contributed by atoms with Crippen LogP contribution in [0.15, 0.2) is 58.6 Å². The predicted octanol–water partition coefficient (Wildman–Crippen LogP) is 4.18. The molecule has 2 aromatic rings. The first kappa shape index (κ1) is 22.2. The summed E-state index contributed by atoms with van der Waals surface area (Å²) in [7, 11) is 0. The zero-order valence-corrected chi connectivity index (χ0v) is 17.7. The molecule has 150 valence electrons. The fourth-order valence-corrected chi connectivity index (χ4v) is 2.99. The van der Waals surface area contributed by atoms with Gasteiger partial charge in [0.15, 0.2) is 6.61 Å². The number of nitrogens with zero attached hydrogens (tertiary/aromatic N) is 1. The molecule has 6 nitrogen and oxygen atoms in total. The quantitative estimate of drug-likeness (QED) is 0.365. The summed E-state index contributed by atoms with van der Waals surface area (Å²) in [6, 6.07) is 16.2. The number of carbonyl (C=O) groups excluding carboxylic acids is 2. The molecule has 0 saturated carbocycles. The van der Waals surface area contributed by atoms with Crippen LogP contribution >= 0.6 is 15.9 Å². The fourth-order valence-electron chi connectivity index (χ4n) is 2.48. The van der Waals surface area contributed by atoms with E-state index in [9.17, 15) is 14.9 Å². The van der Waals surface area contributed by atoms with Gasteiger partial charge in [-0.1, -0.05) is 36.4 Å². The maximum absolute atomic E-state index is 12.5. The molecule has 1 atom stereocenters. The summed E-state index contributed by atoms with van der Waals surface area (Å²) in [5, 5.41) is 12.2. The Balaban J connectivity index is 2.08. The van der Waals surface area contributed by atoms with E-state index in [0.29, 0.717) is 15.8 Å². The summed E-state index contributed by atoms with van der Waals surface area (Å²) in [5.41, 5.74) is 1.57. The van der Waals surface area contributed by atoms with Crippen molar-refractivity contribution < 1.29 is 19.1 Å². The van der Waals surface area contributed by atoms with Gasteiger partial charge in [-0.3, -0.25) is 4.79 Å². The van der Waals surface area contributed by atoms with Crippen LogP contribution in [0.2, 0.25) is 0 Å². The number of amides is 1. The standard InChI is InChI=1S/C22H21BrN2O4/c1-3-28-21(26)14-29-20-10-9-16(12-19(20)23)11-18(13-24)22(27)25-15(2)17-7-5-4-6-8-17/h4-12,15H,3,14H2,1-2H3,(H,25,27)/b18-11-/t15-/m0/s1. The van der Waals surface area contributed by atoms with Crippen LogP contribution in [0.1, 0.15) is 31.0 Å². The molecule has 0 aliphatic carbocycles. The average Bonchev–Trinajstić information content (AvgIpc) is 2.72. The molecule has 0 radical (unpaired) electrons. The van der Waals surface area contributed by atoms with Crippen molar-refractivity contribution in [1.29, 1.82) is 5.26 Å². The van der Waals surface area contributed by atoms with E-state index in [1.54, 1.807) is 25.1 Å². The lowest BCUT2D eigenvalue weighted by atomic mass is 10.1. The second kappa shape index (κ2) is 11.0. The highest BCUT2D eigenvalue weighted by molar-refractivity contribution is 9.10. The van der Waals surface area contributed by atoms with Crippen LogP contribution in [-0.4, -0.2) is 25.1 Å². The number of carbonyl (C=O) groups is 2. The molecule has 0 aromatic heterocycles. The molecule has 0 unspecified atom stereocenters. The van der Waals surface area contributed by atoms with Gasteiger partial charge in [0.05, 0.1) is 17.1 Å². The number of hydrogen-bond acceptors (Lipinski definition) is 5. The van der Waals surface area contributed by atoms with Crippen molar-refractivity contribution in [2.75, 3.05) is 13.2 Å². The minimum absolute atomic E-state index is 0.0140. The number of esters is 1. The molecule has 7 heteroatoms. The zero-order valence-electron chi connectivity index (χ0n) is 16.1. The van der Waals surface area contributed by atoms with Crippen LogP contribution in [0.25, 0.3) is 6.08 Å². The van der Waals surface area contributed by atoms with E-state index in [1.165, 1.54) is 6.08 Å². The third kappa shape index (κ3) is 6.77. The Bertz CT molecular complexity index is 936. The Morgan fingerprint density at radius 2 is 1.97 bits per heavy atom. The monoisotopic (exact) mass is 456 g/mol. The molecule has 0 heterocycles. The molecule has 29 heavy (non-hydrogen) atoms. The number of hydrogen-bond donors (Lipinski definition) is 1. The fraction of sp³-hybridized carbons (Fsp3) is 0.227. The summed E-state index contributed by atoms with van der Waals surface area (Å²) in [6.45, 7) is 3.66. The van der Waals surface area contributed by atoms with Crippen molar-refractivity contribution in [2.24, 2.45) is 0 Å². The second-order valence-electron chi connectivity index (χ2n) is 6.06. The van der Waals surface area contributed by atoms with Crippen molar-refractivity contribution in [2.45, 2.75) is 19.9 Å². The Morgan fingerprint density at radius 3 is 2.59 bits per heavy atom. The first-order valence-corrected chi connectivity index (χ1v) is 9.79. The van der Waals surface area contributed by atoms with Crippen LogP contribution in [-0.2, 0) is 14.3 Å². The molecular weight excluding hydrogens is 436 g/mol. The smallest absolute Gasteiger partial charge is 0.344 e. The number of nitrogens with one attached hydrogen (secondary N) is 1. The number of nitriles is 1. The highest BCUT2D eigenvalue weighted by Gasteiger charge is 2.14. The third-order valence-electron chi connectivity index (χ3n) is 3.93. The largest absolute Gasteiger partial charge is 0.481 e. The Morgan fingerprint density at radius 1 is 1.24 bits per heavy atom. The highest BCUT2D eigenvalue weighted by atomic mass is 79.9. The van der Waals surface area contributed by atoms with E-state index >= 15 is 0 Å². The lowest BCUT2D eigenvalue weighted by molar-refractivity contribution is -0.145. The van der Waals surface area contributed by atoms with Gasteiger partial charge >= 0.3 is 5.97 Å². The molecule has 2 rings (SSSR count). The van der Waals surface area contributed by atoms with Crippen LogP contribution in [0.3, 0.4) is 0 Å². The minimum atomic E-state index is -0.459. The van der Waals surface area contributed by atoms with Gasteiger partial charge in [0.25, 0.3) is 5.91 Å². The van der Waals surface area contributed by atoms with Crippen molar-refractivity contribution in [3.63, 3.8) is 0 Å². The normalized spacial score (nSPS) is 11.9. The van der Waals surface area contributed by atoms with Gasteiger partial charge in [0.1, 0.15) is 17.4 Å². The van der Waals surface area contributed by atoms with E-state index in [-0.39, 0.29) is 24.8 Å². The summed E-state index contributed by atoms with van der Waals surface area (Å²) in [4.78, 5) is 23.9. The first-order chi connectivity index (χ1) is 13.9. The predicted molar refractivity (Wildman–Crippen MR) is 113 cm³/mol. The maximum atomic E-state index is 12.5. The molecule has 0 aliphatic rings. The van der Waals surface area contributed by atoms with Crippen LogP contribution in [0.4, 0.5) is 0 Å². The Hall–Kier alpha value is -3.11. The van der Waals surface area contributed by atoms with Crippen molar-refractivity contribution in [3.05, 3.63) is 69.7 Å². The number of halogens is 1. The van der Waals surface area contributed by atoms with E-state index in [4.69, 9.17) is 9.47 Å². The molecule has 0 aliphatic heterocycles. The Kier molecular flexibility index (Phi) is 8.44. The minimum Gasteiger partial charge on any atom is -0.481 e. The van der Waals surface area contributed by atoms with Crippen LogP contribution in [0.5, 0.6) is 5.75 Å². The SMILES string of the molecule is CCOC(=O)COc1ccc(/C=C(/C#N)C(=O)N[C@@H](C)c2ccccc2)cc1Br. The average molecular weight is 457 g/mol. The highest BCUT2D eigenvalue weighted by Crippen LogP contribution is 2.27. The summed E-state index contributed by atoms with van der Waals surface area (Å²) in [5.74, 6) is -0.460. The maximum Gasteiger partial charge on any atom is 0.344 e. The van der Waals surface area contributed by atoms with E-state index in [2.05, 4.69) is 21.2 Å². The molecule has 1 amide bonds. The molecule has 0 bridgehead atoms. The number of ether oxygens (including phenoxy) is 2. The first-order valence-electron chi connectivity index (χ1n) is 9.00. The Labute approximate surface area is 178 Å². The summed E-state index contributed by atoms with van der Waals surface area (Å²) < 4.78 is 10.8. The molecule has 0 spiro atoms. The summed E-state index contributed by atoms with van der Waals surface area (Å²) in [6.07, 6.45) is 1.49. The van der Waals surface area contributed by atoms with Gasteiger partial charge < -0.3 is 14.8 Å². The molecule has 0 fully saturated rings. The topological polar surface area (TPSA) is 88.4 Å². The van der Waals surface area contributed by atoms with Gasteiger partial charge in [-0.15, -0.1) is 0 Å². The van der Waals surface area contributed by atoms with Crippen LogP contribution in [0, 0.1) is 11.3 Å². The zero-order chi connectivity index (χ0) is 21.2. The van der Waals surface area contributed by atoms with Crippen molar-refractivity contribution in [1.82, 2.24) is 5.32 Å². The second-order valence-corrected chi connectivity index (χ2v) is 6.91. The third-order valence-corrected chi connectivity index (χ3v) is 4.55. The van der Waals surface area contributed by atoms with E-state index in [1.807, 2.05) is 43.3 Å². The van der Waals surface area contributed by atoms with Gasteiger partial charge in [-0.25, -0.2) is 4.79 Å². The number of benzene rings is 2. The molecule has 1 N–H and O–H groups in total. The number of rotatable bonds is 8. The molecule has 2 aromatic carbocycles.